The zero-order chi connectivity index (χ0) is 13.8. The van der Waals surface area contributed by atoms with E-state index in [-0.39, 0.29) is 5.91 Å². The molecule has 2 aliphatic rings. The molecule has 1 saturated heterocycles. The van der Waals surface area contributed by atoms with Gasteiger partial charge in [0, 0.05) is 6.54 Å². The molecular formula is C14H24N2O3. The number of hydrogen-bond donors (Lipinski definition) is 2. The number of carbonyl (C=O) groups excluding carboxylic acids is 1. The summed E-state index contributed by atoms with van der Waals surface area (Å²) in [6.07, 6.45) is 8.08. The lowest BCUT2D eigenvalue weighted by Gasteiger charge is -2.28. The normalized spacial score (nSPS) is 26.4. The average molecular weight is 268 g/mol. The summed E-state index contributed by atoms with van der Waals surface area (Å²) in [5.74, 6) is -0.537. The molecule has 5 nitrogen and oxygen atoms in total. The molecule has 0 aromatic carbocycles. The Morgan fingerprint density at radius 2 is 1.84 bits per heavy atom. The molecule has 0 spiro atoms. The summed E-state index contributed by atoms with van der Waals surface area (Å²) in [6.45, 7) is 0.536. The van der Waals surface area contributed by atoms with Crippen molar-refractivity contribution < 1.29 is 14.7 Å². The van der Waals surface area contributed by atoms with Gasteiger partial charge in [0.15, 0.2) is 0 Å². The molecule has 5 heteroatoms. The van der Waals surface area contributed by atoms with Crippen molar-refractivity contribution in [3.8, 4) is 0 Å². The first-order valence-electron chi connectivity index (χ1n) is 7.38. The lowest BCUT2D eigenvalue weighted by molar-refractivity contribution is -0.148. The van der Waals surface area contributed by atoms with Crippen LogP contribution in [0.1, 0.15) is 51.4 Å². The molecule has 1 amide bonds. The van der Waals surface area contributed by atoms with Crippen molar-refractivity contribution in [2.24, 2.45) is 11.7 Å². The first-order chi connectivity index (χ1) is 9.09. The number of likely N-dealkylation sites (tertiary alicyclic amines) is 1. The van der Waals surface area contributed by atoms with Crippen LogP contribution >= 0.6 is 0 Å². The minimum absolute atomic E-state index is 0.171. The lowest BCUT2D eigenvalue weighted by Crippen LogP contribution is -2.49. The fourth-order valence-corrected chi connectivity index (χ4v) is 3.38. The summed E-state index contributed by atoms with van der Waals surface area (Å²) >= 11 is 0. The van der Waals surface area contributed by atoms with E-state index >= 15 is 0 Å². The molecule has 1 saturated carbocycles. The highest BCUT2D eigenvalue weighted by Crippen LogP contribution is 2.28. The summed E-state index contributed by atoms with van der Waals surface area (Å²) in [7, 11) is 0. The number of carbonyl (C=O) groups is 2. The van der Waals surface area contributed by atoms with Crippen LogP contribution in [0.15, 0.2) is 0 Å². The molecule has 3 N–H and O–H groups in total. The molecule has 1 heterocycles. The molecule has 0 aromatic heterocycles. The number of nitrogens with zero attached hydrogens (tertiary/aromatic N) is 1. The molecular weight excluding hydrogens is 244 g/mol. The average Bonchev–Trinajstić information content (AvgIpc) is 2.88. The molecule has 0 bridgehead atoms. The van der Waals surface area contributed by atoms with Crippen molar-refractivity contribution in [2.75, 3.05) is 6.54 Å². The predicted octanol–water partition coefficient (Wildman–Crippen LogP) is 1.36. The maximum Gasteiger partial charge on any atom is 0.326 e. The Hall–Kier alpha value is -1.10. The maximum absolute atomic E-state index is 12.3. The Morgan fingerprint density at radius 3 is 2.47 bits per heavy atom. The van der Waals surface area contributed by atoms with Crippen molar-refractivity contribution in [2.45, 2.75) is 63.5 Å². The van der Waals surface area contributed by atoms with Crippen LogP contribution in [-0.4, -0.2) is 40.5 Å². The highest BCUT2D eigenvalue weighted by atomic mass is 16.4. The third-order valence-corrected chi connectivity index (χ3v) is 4.45. The number of nitrogens with two attached hydrogens (primary N) is 1. The zero-order valence-corrected chi connectivity index (χ0v) is 11.4. The summed E-state index contributed by atoms with van der Waals surface area (Å²) in [5.41, 5.74) is 6.01. The van der Waals surface area contributed by atoms with Crippen molar-refractivity contribution >= 4 is 11.9 Å². The number of aliphatic carboxylic acids is 1. The van der Waals surface area contributed by atoms with E-state index in [9.17, 15) is 9.59 Å². The van der Waals surface area contributed by atoms with Gasteiger partial charge in [0.2, 0.25) is 5.91 Å². The van der Waals surface area contributed by atoms with E-state index in [2.05, 4.69) is 0 Å². The standard InChI is InChI=1S/C14H24N2O3/c15-11(9-10-5-2-1-3-6-10)13(17)16-8-4-7-12(16)14(18)19/h10-12H,1-9,15H2,(H,18,19)/t11-,12+/m1/s1. The third-order valence-electron chi connectivity index (χ3n) is 4.45. The lowest BCUT2D eigenvalue weighted by atomic mass is 9.84. The highest BCUT2D eigenvalue weighted by Gasteiger charge is 2.36. The van der Waals surface area contributed by atoms with Gasteiger partial charge in [-0.1, -0.05) is 32.1 Å². The van der Waals surface area contributed by atoms with Gasteiger partial charge < -0.3 is 15.7 Å². The van der Waals surface area contributed by atoms with E-state index < -0.39 is 18.1 Å². The molecule has 2 atom stereocenters. The molecule has 2 rings (SSSR count). The molecule has 1 aliphatic carbocycles. The molecule has 0 unspecified atom stereocenters. The summed E-state index contributed by atoms with van der Waals surface area (Å²) < 4.78 is 0. The van der Waals surface area contributed by atoms with Gasteiger partial charge in [-0.3, -0.25) is 4.79 Å². The van der Waals surface area contributed by atoms with E-state index in [1.165, 1.54) is 24.2 Å². The number of hydrogen-bond acceptors (Lipinski definition) is 3. The van der Waals surface area contributed by atoms with Crippen LogP contribution < -0.4 is 5.73 Å². The third kappa shape index (κ3) is 3.47. The van der Waals surface area contributed by atoms with Crippen LogP contribution in [0.5, 0.6) is 0 Å². The smallest absolute Gasteiger partial charge is 0.326 e. The zero-order valence-electron chi connectivity index (χ0n) is 11.4. The van der Waals surface area contributed by atoms with Gasteiger partial charge in [-0.15, -0.1) is 0 Å². The van der Waals surface area contributed by atoms with Crippen LogP contribution in [0, 0.1) is 5.92 Å². The quantitative estimate of drug-likeness (QED) is 0.806. The van der Waals surface area contributed by atoms with Crippen LogP contribution in [0.25, 0.3) is 0 Å². The van der Waals surface area contributed by atoms with E-state index in [4.69, 9.17) is 10.8 Å². The first-order valence-corrected chi connectivity index (χ1v) is 7.38. The van der Waals surface area contributed by atoms with Crippen molar-refractivity contribution in [3.05, 3.63) is 0 Å². The number of amides is 1. The SMILES string of the molecule is N[C@H](CC1CCCCC1)C(=O)N1CCC[C@H]1C(=O)O. The van der Waals surface area contributed by atoms with E-state index in [1.54, 1.807) is 0 Å². The van der Waals surface area contributed by atoms with Crippen LogP contribution in [0.4, 0.5) is 0 Å². The van der Waals surface area contributed by atoms with Crippen molar-refractivity contribution in [3.63, 3.8) is 0 Å². The minimum atomic E-state index is -0.907. The highest BCUT2D eigenvalue weighted by molar-refractivity contribution is 5.87. The van der Waals surface area contributed by atoms with Gasteiger partial charge in [-0.25, -0.2) is 4.79 Å². The molecule has 0 aromatic rings. The van der Waals surface area contributed by atoms with E-state index in [0.717, 1.165) is 19.3 Å². The van der Waals surface area contributed by atoms with E-state index in [1.807, 2.05) is 0 Å². The Kier molecular flexibility index (Phi) is 4.80. The Bertz CT molecular complexity index is 340. The van der Waals surface area contributed by atoms with Crippen molar-refractivity contribution in [1.29, 1.82) is 0 Å². The Morgan fingerprint density at radius 1 is 1.16 bits per heavy atom. The van der Waals surface area contributed by atoms with Gasteiger partial charge in [0.1, 0.15) is 6.04 Å². The number of rotatable bonds is 4. The molecule has 2 fully saturated rings. The molecule has 1 aliphatic heterocycles. The number of carboxylic acids is 1. The Balaban J connectivity index is 1.89. The fraction of sp³-hybridized carbons (Fsp3) is 0.857. The van der Waals surface area contributed by atoms with Gasteiger partial charge in [-0.2, -0.15) is 0 Å². The second-order valence-corrected chi connectivity index (χ2v) is 5.87. The fourth-order valence-electron chi connectivity index (χ4n) is 3.38. The molecule has 0 radical (unpaired) electrons. The first kappa shape index (κ1) is 14.3. The topological polar surface area (TPSA) is 83.6 Å². The van der Waals surface area contributed by atoms with Gasteiger partial charge in [0.25, 0.3) is 0 Å². The van der Waals surface area contributed by atoms with Gasteiger partial charge >= 0.3 is 5.97 Å². The van der Waals surface area contributed by atoms with Gasteiger partial charge in [0.05, 0.1) is 6.04 Å². The summed E-state index contributed by atoms with van der Waals surface area (Å²) in [5, 5.41) is 9.10. The number of carboxylic acid groups (broad SMARTS) is 1. The molecule has 19 heavy (non-hydrogen) atoms. The second-order valence-electron chi connectivity index (χ2n) is 5.87. The molecule has 108 valence electrons. The van der Waals surface area contributed by atoms with Crippen molar-refractivity contribution in [1.82, 2.24) is 4.90 Å². The monoisotopic (exact) mass is 268 g/mol. The summed E-state index contributed by atoms with van der Waals surface area (Å²) in [4.78, 5) is 24.8. The second kappa shape index (κ2) is 6.37. The summed E-state index contributed by atoms with van der Waals surface area (Å²) in [6, 6.07) is -1.19. The minimum Gasteiger partial charge on any atom is -0.480 e. The van der Waals surface area contributed by atoms with Crippen LogP contribution in [0.3, 0.4) is 0 Å². The van der Waals surface area contributed by atoms with Crippen LogP contribution in [0.2, 0.25) is 0 Å². The predicted molar refractivity (Wildman–Crippen MR) is 71.5 cm³/mol. The van der Waals surface area contributed by atoms with Gasteiger partial charge in [-0.05, 0) is 25.2 Å². The Labute approximate surface area is 114 Å². The maximum atomic E-state index is 12.3. The van der Waals surface area contributed by atoms with E-state index in [0.29, 0.717) is 25.3 Å². The largest absolute Gasteiger partial charge is 0.480 e. The van der Waals surface area contributed by atoms with Crippen LogP contribution in [-0.2, 0) is 9.59 Å².